The molecule has 0 aliphatic heterocycles. The minimum Gasteiger partial charge on any atom is -0.367 e. The Morgan fingerprint density at radius 3 is 1.88 bits per heavy atom. The maximum atomic E-state index is 8.34. The lowest BCUT2D eigenvalue weighted by Gasteiger charge is -2.28. The van der Waals surface area contributed by atoms with Crippen LogP contribution in [-0.4, -0.2) is 20.8 Å². The molecule has 0 bridgehead atoms. The summed E-state index contributed by atoms with van der Waals surface area (Å²) >= 11 is 0. The molecular weight excluding hydrogens is 731 g/mol. The summed E-state index contributed by atoms with van der Waals surface area (Å²) in [5.74, 6) is 0.567. The second-order valence-corrected chi connectivity index (χ2v) is 17.9. The summed E-state index contributed by atoms with van der Waals surface area (Å²) in [6.45, 7) is 11.1. The average Bonchev–Trinajstić information content (AvgIpc) is 3.81. The van der Waals surface area contributed by atoms with E-state index in [-0.39, 0.29) is 22.0 Å². The molecule has 0 unspecified atom stereocenters. The van der Waals surface area contributed by atoms with Gasteiger partial charge in [0.2, 0.25) is 5.95 Å². The Kier molecular flexibility index (Phi) is 8.02. The zero-order valence-electron chi connectivity index (χ0n) is 41.4. The highest BCUT2D eigenvalue weighted by Crippen LogP contribution is 2.42. The number of rotatable bonds is 8. The number of aryl methyl sites for hydroxylation is 3. The van der Waals surface area contributed by atoms with Gasteiger partial charge in [0.05, 0.1) is 34.6 Å². The van der Waals surface area contributed by atoms with Gasteiger partial charge >= 0.3 is 0 Å². The summed E-state index contributed by atoms with van der Waals surface area (Å²) in [5, 5.41) is 5.00. The molecule has 300 valence electrons. The predicted molar refractivity (Wildman–Crippen MR) is 256 cm³/mol. The molecule has 0 atom stereocenters. The Morgan fingerprint density at radius 1 is 0.583 bits per heavy atom. The number of nitrogens with zero attached hydrogens (tertiary/aromatic N) is 4. The zero-order chi connectivity index (χ0) is 46.9. The average molecular weight is 792 g/mol. The van der Waals surface area contributed by atoms with Crippen LogP contribution in [0.2, 0.25) is 0 Å². The number of para-hydroxylation sites is 2. The molecule has 9 aromatic rings. The summed E-state index contributed by atoms with van der Waals surface area (Å²) in [5.41, 5.74) is 12.5. The molecular formula is C55H55N5. The van der Waals surface area contributed by atoms with E-state index >= 15 is 0 Å². The Balaban J connectivity index is 1.38. The van der Waals surface area contributed by atoms with Crippen molar-refractivity contribution in [1.82, 2.24) is 14.1 Å². The van der Waals surface area contributed by atoms with Crippen LogP contribution in [0.3, 0.4) is 0 Å². The van der Waals surface area contributed by atoms with Crippen LogP contribution in [-0.2, 0) is 10.8 Å². The molecule has 7 aromatic carbocycles. The molecule has 5 heteroatoms. The summed E-state index contributed by atoms with van der Waals surface area (Å²) in [4.78, 5) is 7.97. The van der Waals surface area contributed by atoms with Gasteiger partial charge in [0.25, 0.3) is 0 Å². The zero-order valence-corrected chi connectivity index (χ0v) is 35.4. The first-order valence-corrected chi connectivity index (χ1v) is 20.7. The smallest absolute Gasteiger partial charge is 0.220 e. The predicted octanol–water partition coefficient (Wildman–Crippen LogP) is 14.5. The Labute approximate surface area is 363 Å². The van der Waals surface area contributed by atoms with Gasteiger partial charge < -0.3 is 10.2 Å². The quantitative estimate of drug-likeness (QED) is 0.156. The number of hydrogen-bond acceptors (Lipinski definition) is 3. The molecule has 0 radical (unpaired) electrons. The number of imidazole rings is 1. The molecule has 0 aliphatic rings. The maximum absolute atomic E-state index is 8.34. The van der Waals surface area contributed by atoms with Crippen LogP contribution in [0.1, 0.15) is 77.6 Å². The number of hydrogen-bond donors (Lipinski definition) is 1. The van der Waals surface area contributed by atoms with E-state index in [9.17, 15) is 0 Å². The first-order chi connectivity index (χ1) is 31.2. The standard InChI is InChI=1S/C55H55N5/c1-36-25-28-48-44(31-36)45-32-37(2)26-29-49(45)59(48)53-57-52-50(58(46-22-14-13-17-38(46)3)35-56-42-21-15-20-40(33-42)54(4,5)6)23-16-24-51(52)60(53)47-30-27-41(55(7,8)9)34-43(47)39-18-11-10-12-19-39/h10-34,56H,35H2,1-9H3/i1D3,2D3. The van der Waals surface area contributed by atoms with Gasteiger partial charge in [-0.05, 0) is 120 Å². The topological polar surface area (TPSA) is 38.0 Å². The van der Waals surface area contributed by atoms with Gasteiger partial charge in [-0.2, -0.15) is 0 Å². The van der Waals surface area contributed by atoms with Crippen LogP contribution in [0, 0.1) is 20.6 Å². The number of fused-ring (bicyclic) bond motifs is 4. The minimum absolute atomic E-state index is 0.0264. The van der Waals surface area contributed by atoms with E-state index in [4.69, 9.17) is 13.2 Å². The third-order valence-corrected chi connectivity index (χ3v) is 11.7. The highest BCUT2D eigenvalue weighted by molar-refractivity contribution is 6.10. The summed E-state index contributed by atoms with van der Waals surface area (Å²) in [6.07, 6.45) is 0. The first kappa shape index (κ1) is 32.3. The van der Waals surface area contributed by atoms with Crippen molar-refractivity contribution in [2.45, 2.75) is 73.0 Å². The largest absolute Gasteiger partial charge is 0.367 e. The summed E-state index contributed by atoms with van der Waals surface area (Å²) < 4.78 is 54.3. The lowest BCUT2D eigenvalue weighted by atomic mass is 9.85. The van der Waals surface area contributed by atoms with Crippen LogP contribution in [0.5, 0.6) is 0 Å². The second-order valence-electron chi connectivity index (χ2n) is 17.9. The lowest BCUT2D eigenvalue weighted by molar-refractivity contribution is 0.590. The van der Waals surface area contributed by atoms with Crippen molar-refractivity contribution in [2.24, 2.45) is 0 Å². The number of benzene rings is 7. The SMILES string of the molecule is [2H]C([2H])([2H])c1ccc2c(c1)c1cc(C([2H])([2H])[2H])ccc1n2-c1nc2c(N(CNc3cccc(C(C)(C)C)c3)c3ccccc3C)cccc2n1-c1ccc(C(C)(C)C)cc1-c1ccccc1. The number of aromatic nitrogens is 3. The first-order valence-electron chi connectivity index (χ1n) is 23.7. The van der Waals surface area contributed by atoms with Crippen molar-refractivity contribution >= 4 is 49.9 Å². The van der Waals surface area contributed by atoms with Crippen molar-refractivity contribution in [1.29, 1.82) is 0 Å². The molecule has 60 heavy (non-hydrogen) atoms. The Bertz CT molecular complexity index is 3200. The number of anilines is 3. The fraction of sp³-hybridized carbons (Fsp3) is 0.218. The molecule has 0 aliphatic carbocycles. The highest BCUT2D eigenvalue weighted by atomic mass is 15.3. The third kappa shape index (κ3) is 7.02. The molecule has 0 fully saturated rings. The summed E-state index contributed by atoms with van der Waals surface area (Å²) in [7, 11) is 0. The van der Waals surface area contributed by atoms with Crippen LogP contribution < -0.4 is 10.2 Å². The van der Waals surface area contributed by atoms with Crippen molar-refractivity contribution in [3.8, 4) is 22.8 Å². The van der Waals surface area contributed by atoms with Crippen LogP contribution in [0.25, 0.3) is 55.6 Å². The van der Waals surface area contributed by atoms with Crippen molar-refractivity contribution in [3.05, 3.63) is 179 Å². The van der Waals surface area contributed by atoms with Gasteiger partial charge in [-0.25, -0.2) is 4.98 Å². The van der Waals surface area contributed by atoms with E-state index in [0.717, 1.165) is 50.5 Å². The van der Waals surface area contributed by atoms with Gasteiger partial charge in [0.15, 0.2) is 0 Å². The Hall–Kier alpha value is -6.59. The molecule has 0 spiro atoms. The summed E-state index contributed by atoms with van der Waals surface area (Å²) in [6, 6.07) is 50.5. The Morgan fingerprint density at radius 2 is 1.22 bits per heavy atom. The van der Waals surface area contributed by atoms with Crippen molar-refractivity contribution in [2.75, 3.05) is 16.9 Å². The highest BCUT2D eigenvalue weighted by Gasteiger charge is 2.26. The van der Waals surface area contributed by atoms with Crippen LogP contribution >= 0.6 is 0 Å². The van der Waals surface area contributed by atoms with Gasteiger partial charge in [0.1, 0.15) is 5.52 Å². The van der Waals surface area contributed by atoms with E-state index in [0.29, 0.717) is 34.4 Å². The third-order valence-electron chi connectivity index (χ3n) is 11.7. The van der Waals surface area contributed by atoms with Crippen molar-refractivity contribution < 1.29 is 8.22 Å². The number of nitrogens with one attached hydrogen (secondary N) is 1. The van der Waals surface area contributed by atoms with Crippen molar-refractivity contribution in [3.63, 3.8) is 0 Å². The fourth-order valence-electron chi connectivity index (χ4n) is 8.40. The van der Waals surface area contributed by atoms with E-state index in [2.05, 4.69) is 177 Å². The molecule has 2 heterocycles. The van der Waals surface area contributed by atoms with E-state index in [1.807, 2.05) is 18.2 Å². The normalized spacial score (nSPS) is 14.1. The molecule has 0 saturated carbocycles. The monoisotopic (exact) mass is 791 g/mol. The van der Waals surface area contributed by atoms with Gasteiger partial charge in [-0.1, -0.05) is 138 Å². The second kappa shape index (κ2) is 14.9. The van der Waals surface area contributed by atoms with E-state index in [1.54, 1.807) is 24.3 Å². The minimum atomic E-state index is -2.38. The molecule has 2 aromatic heterocycles. The van der Waals surface area contributed by atoms with Gasteiger partial charge in [0, 0.05) is 35.9 Å². The van der Waals surface area contributed by atoms with Crippen LogP contribution in [0.15, 0.2) is 152 Å². The molecule has 0 saturated heterocycles. The van der Waals surface area contributed by atoms with Gasteiger partial charge in [-0.3, -0.25) is 9.13 Å². The molecule has 5 nitrogen and oxygen atoms in total. The van der Waals surface area contributed by atoms with Crippen LogP contribution in [0.4, 0.5) is 17.1 Å². The van der Waals surface area contributed by atoms with Gasteiger partial charge in [-0.15, -0.1) is 0 Å². The molecule has 0 amide bonds. The molecule has 1 N–H and O–H groups in total. The van der Waals surface area contributed by atoms with E-state index in [1.165, 1.54) is 11.1 Å². The fourth-order valence-corrected chi connectivity index (χ4v) is 8.40. The lowest BCUT2D eigenvalue weighted by Crippen LogP contribution is -2.25. The molecule has 9 rings (SSSR count). The maximum Gasteiger partial charge on any atom is 0.220 e. The van der Waals surface area contributed by atoms with E-state index < -0.39 is 13.7 Å².